The molecule has 0 heterocycles. The van der Waals surface area contributed by atoms with Crippen LogP contribution < -0.4 is 4.74 Å². The quantitative estimate of drug-likeness (QED) is 0.408. The molecular formula is C19H30O5S. The monoisotopic (exact) mass is 370 g/mol. The van der Waals surface area contributed by atoms with Crippen molar-refractivity contribution in [2.45, 2.75) is 68.9 Å². The molecule has 0 aliphatic carbocycles. The Bertz CT molecular complexity index is 607. The van der Waals surface area contributed by atoms with Gasteiger partial charge in [-0.25, -0.2) is 8.42 Å². The van der Waals surface area contributed by atoms with Gasteiger partial charge in [-0.05, 0) is 37.6 Å². The van der Waals surface area contributed by atoms with Gasteiger partial charge in [0.2, 0.25) is 0 Å². The van der Waals surface area contributed by atoms with Gasteiger partial charge >= 0.3 is 5.97 Å². The van der Waals surface area contributed by atoms with Gasteiger partial charge < -0.3 is 9.47 Å². The normalized spacial score (nSPS) is 12.6. The lowest BCUT2D eigenvalue weighted by Crippen LogP contribution is -2.32. The van der Waals surface area contributed by atoms with Gasteiger partial charge in [-0.3, -0.25) is 4.79 Å². The molecule has 0 aliphatic rings. The van der Waals surface area contributed by atoms with Gasteiger partial charge in [0.15, 0.2) is 15.1 Å². The Balaban J connectivity index is 2.83. The van der Waals surface area contributed by atoms with Gasteiger partial charge in [0.1, 0.15) is 5.75 Å². The molecule has 0 amide bonds. The molecule has 5 nitrogen and oxygen atoms in total. The minimum Gasteiger partial charge on any atom is -0.497 e. The predicted octanol–water partition coefficient (Wildman–Crippen LogP) is 4.15. The van der Waals surface area contributed by atoms with E-state index in [9.17, 15) is 13.2 Å². The van der Waals surface area contributed by atoms with E-state index in [1.807, 2.05) is 0 Å². The average Bonchev–Trinajstić information content (AvgIpc) is 2.61. The first-order valence-electron chi connectivity index (χ1n) is 9.01. The lowest BCUT2D eigenvalue weighted by molar-refractivity contribution is -0.142. The second-order valence-corrected chi connectivity index (χ2v) is 8.15. The number of methoxy groups -OCH3 is 1. The Morgan fingerprint density at radius 3 is 2.16 bits per heavy atom. The van der Waals surface area contributed by atoms with E-state index in [-0.39, 0.29) is 11.5 Å². The van der Waals surface area contributed by atoms with Crippen molar-refractivity contribution >= 4 is 15.8 Å². The number of unbranched alkanes of at least 4 members (excludes halogenated alkanes) is 5. The number of esters is 1. The SMILES string of the molecule is CCCCCCCCC(C(=O)OCC)S(=O)(=O)c1ccc(OC)cc1. The predicted molar refractivity (Wildman–Crippen MR) is 98.6 cm³/mol. The van der Waals surface area contributed by atoms with Gasteiger partial charge in [0.25, 0.3) is 0 Å². The van der Waals surface area contributed by atoms with E-state index in [1.165, 1.54) is 25.7 Å². The lowest BCUT2D eigenvalue weighted by atomic mass is 10.1. The zero-order valence-corrected chi connectivity index (χ0v) is 16.3. The molecule has 142 valence electrons. The minimum absolute atomic E-state index is 0.123. The Hall–Kier alpha value is -1.56. The summed E-state index contributed by atoms with van der Waals surface area (Å²) >= 11 is 0. The fourth-order valence-electron chi connectivity index (χ4n) is 2.67. The minimum atomic E-state index is -3.77. The Kier molecular flexibility index (Phi) is 9.57. The highest BCUT2D eigenvalue weighted by Crippen LogP contribution is 2.24. The van der Waals surface area contributed by atoms with Crippen LogP contribution in [0.5, 0.6) is 5.75 Å². The third-order valence-corrected chi connectivity index (χ3v) is 6.24. The first kappa shape index (κ1) is 21.5. The summed E-state index contributed by atoms with van der Waals surface area (Å²) in [6.45, 7) is 4.00. The zero-order chi connectivity index (χ0) is 18.7. The van der Waals surface area contributed by atoms with Crippen molar-refractivity contribution in [1.82, 2.24) is 0 Å². The summed E-state index contributed by atoms with van der Waals surface area (Å²) in [5, 5.41) is -1.15. The highest BCUT2D eigenvalue weighted by molar-refractivity contribution is 7.92. The lowest BCUT2D eigenvalue weighted by Gasteiger charge is -2.16. The van der Waals surface area contributed by atoms with Crippen LogP contribution >= 0.6 is 0 Å². The van der Waals surface area contributed by atoms with Crippen molar-refractivity contribution in [3.05, 3.63) is 24.3 Å². The molecule has 0 spiro atoms. The number of benzene rings is 1. The summed E-state index contributed by atoms with van der Waals surface area (Å²) in [7, 11) is -2.26. The fourth-order valence-corrected chi connectivity index (χ4v) is 4.32. The molecule has 1 rings (SSSR count). The maximum atomic E-state index is 12.9. The van der Waals surface area contributed by atoms with E-state index in [2.05, 4.69) is 6.92 Å². The topological polar surface area (TPSA) is 69.7 Å². The third kappa shape index (κ3) is 6.69. The molecule has 0 bridgehead atoms. The second kappa shape index (κ2) is 11.1. The van der Waals surface area contributed by atoms with E-state index in [4.69, 9.17) is 9.47 Å². The van der Waals surface area contributed by atoms with Crippen molar-refractivity contribution in [2.24, 2.45) is 0 Å². The molecule has 0 aliphatic heterocycles. The van der Waals surface area contributed by atoms with Gasteiger partial charge in [0.05, 0.1) is 18.6 Å². The standard InChI is InChI=1S/C19H30O5S/c1-4-6-7-8-9-10-11-18(19(20)24-5-2)25(21,22)17-14-12-16(23-3)13-15-17/h12-15,18H,4-11H2,1-3H3. The van der Waals surface area contributed by atoms with Gasteiger partial charge in [-0.2, -0.15) is 0 Å². The highest BCUT2D eigenvalue weighted by atomic mass is 32.2. The van der Waals surface area contributed by atoms with Crippen LogP contribution in [0, 0.1) is 0 Å². The number of hydrogen-bond acceptors (Lipinski definition) is 5. The molecule has 0 aromatic heterocycles. The van der Waals surface area contributed by atoms with Crippen LogP contribution in [0.4, 0.5) is 0 Å². The molecule has 6 heteroatoms. The molecular weight excluding hydrogens is 340 g/mol. The largest absolute Gasteiger partial charge is 0.497 e. The summed E-state index contributed by atoms with van der Waals surface area (Å²) in [6, 6.07) is 6.11. The van der Waals surface area contributed by atoms with E-state index in [0.717, 1.165) is 25.7 Å². The van der Waals surface area contributed by atoms with Crippen LogP contribution in [-0.2, 0) is 19.4 Å². The fraction of sp³-hybridized carbons (Fsp3) is 0.632. The molecule has 0 N–H and O–H groups in total. The van der Waals surface area contributed by atoms with Crippen LogP contribution in [0.25, 0.3) is 0 Å². The average molecular weight is 371 g/mol. The van der Waals surface area contributed by atoms with Gasteiger partial charge in [-0.1, -0.05) is 45.4 Å². The molecule has 25 heavy (non-hydrogen) atoms. The van der Waals surface area contributed by atoms with Crippen LogP contribution in [0.15, 0.2) is 29.2 Å². The van der Waals surface area contributed by atoms with Gasteiger partial charge in [0, 0.05) is 0 Å². The molecule has 0 radical (unpaired) electrons. The molecule has 1 atom stereocenters. The zero-order valence-electron chi connectivity index (χ0n) is 15.5. The molecule has 1 aromatic carbocycles. The van der Waals surface area contributed by atoms with Crippen molar-refractivity contribution in [3.8, 4) is 5.75 Å². The summed E-state index contributed by atoms with van der Waals surface area (Å²) < 4.78 is 35.8. The summed E-state index contributed by atoms with van der Waals surface area (Å²) in [5.74, 6) is -0.0885. The van der Waals surface area contributed by atoms with Gasteiger partial charge in [-0.15, -0.1) is 0 Å². The van der Waals surface area contributed by atoms with E-state index >= 15 is 0 Å². The summed E-state index contributed by atoms with van der Waals surface area (Å²) in [5.41, 5.74) is 0. The first-order valence-corrected chi connectivity index (χ1v) is 10.6. The van der Waals surface area contributed by atoms with Crippen molar-refractivity contribution in [3.63, 3.8) is 0 Å². The maximum Gasteiger partial charge on any atom is 0.324 e. The number of ether oxygens (including phenoxy) is 2. The number of carbonyl (C=O) groups excluding carboxylic acids is 1. The Morgan fingerprint density at radius 2 is 1.60 bits per heavy atom. The third-order valence-electron chi connectivity index (χ3n) is 4.13. The summed E-state index contributed by atoms with van der Waals surface area (Å²) in [4.78, 5) is 12.3. The molecule has 0 saturated heterocycles. The van der Waals surface area contributed by atoms with Crippen LogP contribution in [0.1, 0.15) is 58.8 Å². The van der Waals surface area contributed by atoms with Crippen molar-refractivity contribution < 1.29 is 22.7 Å². The number of sulfone groups is 1. The van der Waals surface area contributed by atoms with E-state index in [1.54, 1.807) is 19.1 Å². The van der Waals surface area contributed by atoms with E-state index < -0.39 is 21.1 Å². The maximum absolute atomic E-state index is 12.9. The Labute approximate surface area is 151 Å². The molecule has 0 saturated carbocycles. The first-order chi connectivity index (χ1) is 12.0. The molecule has 1 aromatic rings. The summed E-state index contributed by atoms with van der Waals surface area (Å²) in [6.07, 6.45) is 6.47. The smallest absolute Gasteiger partial charge is 0.324 e. The van der Waals surface area contributed by atoms with Crippen molar-refractivity contribution in [1.29, 1.82) is 0 Å². The Morgan fingerprint density at radius 1 is 1.00 bits per heavy atom. The number of carbonyl (C=O) groups is 1. The van der Waals surface area contributed by atoms with Crippen molar-refractivity contribution in [2.75, 3.05) is 13.7 Å². The molecule has 1 unspecified atom stereocenters. The van der Waals surface area contributed by atoms with E-state index in [0.29, 0.717) is 18.6 Å². The van der Waals surface area contributed by atoms with Crippen LogP contribution in [0.3, 0.4) is 0 Å². The van der Waals surface area contributed by atoms with Crippen LogP contribution in [0.2, 0.25) is 0 Å². The highest BCUT2D eigenvalue weighted by Gasteiger charge is 2.34. The molecule has 0 fully saturated rings. The second-order valence-electron chi connectivity index (χ2n) is 6.02. The number of hydrogen-bond donors (Lipinski definition) is 0. The van der Waals surface area contributed by atoms with Crippen LogP contribution in [-0.4, -0.2) is 33.4 Å². The number of rotatable bonds is 12.